The van der Waals surface area contributed by atoms with E-state index in [-0.39, 0.29) is 12.2 Å². The Morgan fingerprint density at radius 2 is 1.32 bits per heavy atom. The van der Waals surface area contributed by atoms with Crippen molar-refractivity contribution in [3.8, 4) is 0 Å². The molecule has 5 atom stereocenters. The van der Waals surface area contributed by atoms with Gasteiger partial charge in [-0.1, -0.05) is 54.6 Å². The summed E-state index contributed by atoms with van der Waals surface area (Å²) in [4.78, 5) is 38.2. The van der Waals surface area contributed by atoms with Gasteiger partial charge in [-0.15, -0.1) is 0 Å². The number of carbonyl (C=O) groups excluding carboxylic acids is 3. The van der Waals surface area contributed by atoms with Crippen LogP contribution in [-0.2, 0) is 18.9 Å². The molecule has 0 aromatic heterocycles. The van der Waals surface area contributed by atoms with Gasteiger partial charge in [0.05, 0.1) is 11.1 Å². The van der Waals surface area contributed by atoms with Crippen LogP contribution in [0, 0.1) is 0 Å². The Morgan fingerprint density at radius 3 is 1.86 bits per heavy atom. The molecule has 9 nitrogen and oxygen atoms in total. The average molecular weight is 506 g/mol. The summed E-state index contributed by atoms with van der Waals surface area (Å²) in [7, 11) is 1.35. The zero-order valence-electron chi connectivity index (χ0n) is 20.1. The zero-order chi connectivity index (χ0) is 26.2. The van der Waals surface area contributed by atoms with E-state index in [1.165, 1.54) is 7.11 Å². The highest BCUT2D eigenvalue weighted by Crippen LogP contribution is 2.26. The van der Waals surface area contributed by atoms with Crippen molar-refractivity contribution < 1.29 is 38.4 Å². The van der Waals surface area contributed by atoms with Gasteiger partial charge < -0.3 is 29.4 Å². The maximum absolute atomic E-state index is 12.9. The van der Waals surface area contributed by atoms with Crippen LogP contribution in [0.5, 0.6) is 0 Å². The van der Waals surface area contributed by atoms with E-state index in [0.717, 1.165) is 0 Å². The first-order valence-corrected chi connectivity index (χ1v) is 11.7. The van der Waals surface area contributed by atoms with Crippen LogP contribution in [0.25, 0.3) is 0 Å². The molecule has 37 heavy (non-hydrogen) atoms. The molecule has 1 fully saturated rings. The molecule has 0 bridgehead atoms. The predicted octanol–water partition coefficient (Wildman–Crippen LogP) is 2.60. The number of methoxy groups -OCH3 is 1. The van der Waals surface area contributed by atoms with Gasteiger partial charge in [0.1, 0.15) is 24.9 Å². The fourth-order valence-electron chi connectivity index (χ4n) is 3.96. The van der Waals surface area contributed by atoms with Gasteiger partial charge in [0.25, 0.3) is 5.91 Å². The normalized spacial score (nSPS) is 23.0. The summed E-state index contributed by atoms with van der Waals surface area (Å²) in [5, 5.41) is 13.9. The molecule has 1 amide bonds. The highest BCUT2D eigenvalue weighted by Gasteiger charge is 2.49. The standard InChI is InChI=1S/C28H27NO8/c1-34-28-22(29-25(31)18-11-5-2-6-12-18)24(37-27(33)20-15-9-4-10-16-20)23(30)21(36-28)17-35-26(32)19-13-7-3-8-14-19/h2-16,21-24,28,30H,17H2,1H3,(H,29,31)/t21-,22-,23+,24-,28+/m1/s1. The lowest BCUT2D eigenvalue weighted by atomic mass is 9.96. The van der Waals surface area contributed by atoms with Gasteiger partial charge in [-0.2, -0.15) is 0 Å². The van der Waals surface area contributed by atoms with E-state index in [9.17, 15) is 19.5 Å². The second kappa shape index (κ2) is 12.3. The van der Waals surface area contributed by atoms with Crippen molar-refractivity contribution >= 4 is 17.8 Å². The minimum absolute atomic E-state index is 0.260. The summed E-state index contributed by atoms with van der Waals surface area (Å²) in [5.41, 5.74) is 0.949. The number of esters is 2. The van der Waals surface area contributed by atoms with E-state index in [4.69, 9.17) is 18.9 Å². The first-order chi connectivity index (χ1) is 18.0. The minimum Gasteiger partial charge on any atom is -0.459 e. The number of aliphatic hydroxyl groups is 1. The van der Waals surface area contributed by atoms with Gasteiger partial charge in [0.15, 0.2) is 12.4 Å². The molecule has 0 saturated carbocycles. The lowest BCUT2D eigenvalue weighted by molar-refractivity contribution is -0.261. The zero-order valence-corrected chi connectivity index (χ0v) is 20.1. The molecule has 1 aliphatic heterocycles. The van der Waals surface area contributed by atoms with Crippen LogP contribution >= 0.6 is 0 Å². The number of hydrogen-bond acceptors (Lipinski definition) is 8. The number of ether oxygens (including phenoxy) is 4. The Kier molecular flexibility index (Phi) is 8.63. The monoisotopic (exact) mass is 505 g/mol. The molecule has 0 unspecified atom stereocenters. The van der Waals surface area contributed by atoms with Gasteiger partial charge >= 0.3 is 11.9 Å². The molecular formula is C28H27NO8. The molecule has 1 saturated heterocycles. The number of nitrogens with one attached hydrogen (secondary N) is 1. The Labute approximate surface area is 213 Å². The molecule has 2 N–H and O–H groups in total. The molecule has 192 valence electrons. The lowest BCUT2D eigenvalue weighted by Gasteiger charge is -2.43. The quantitative estimate of drug-likeness (QED) is 0.449. The van der Waals surface area contributed by atoms with Crippen LogP contribution < -0.4 is 5.32 Å². The lowest BCUT2D eigenvalue weighted by Crippen LogP contribution is -2.65. The number of carbonyl (C=O) groups is 3. The van der Waals surface area contributed by atoms with Crippen LogP contribution in [0.4, 0.5) is 0 Å². The Bertz CT molecular complexity index is 1190. The summed E-state index contributed by atoms with van der Waals surface area (Å²) in [5.74, 6) is -1.79. The van der Waals surface area contributed by atoms with Crippen molar-refractivity contribution in [2.45, 2.75) is 30.6 Å². The second-order valence-electron chi connectivity index (χ2n) is 8.33. The van der Waals surface area contributed by atoms with E-state index in [0.29, 0.717) is 11.1 Å². The first kappa shape index (κ1) is 26.0. The molecule has 1 aliphatic rings. The molecule has 0 aliphatic carbocycles. The summed E-state index contributed by atoms with van der Waals surface area (Å²) in [6.45, 7) is -0.340. The molecule has 0 spiro atoms. The van der Waals surface area contributed by atoms with Crippen molar-refractivity contribution in [1.29, 1.82) is 0 Å². The average Bonchev–Trinajstić information content (AvgIpc) is 2.95. The maximum Gasteiger partial charge on any atom is 0.338 e. The summed E-state index contributed by atoms with van der Waals surface area (Å²) in [6.07, 6.45) is -4.95. The van der Waals surface area contributed by atoms with E-state index >= 15 is 0 Å². The highest BCUT2D eigenvalue weighted by molar-refractivity contribution is 5.94. The summed E-state index contributed by atoms with van der Waals surface area (Å²) in [6, 6.07) is 23.9. The SMILES string of the molecule is CO[C@H]1O[C@H](COC(=O)c2ccccc2)[C@H](O)[C@H](OC(=O)c2ccccc2)[C@H]1NC(=O)c1ccccc1. The molecule has 1 heterocycles. The van der Waals surface area contributed by atoms with Crippen molar-refractivity contribution in [2.24, 2.45) is 0 Å². The topological polar surface area (TPSA) is 120 Å². The third-order valence-corrected chi connectivity index (χ3v) is 5.88. The fourth-order valence-corrected chi connectivity index (χ4v) is 3.96. The summed E-state index contributed by atoms with van der Waals surface area (Å²) >= 11 is 0. The molecule has 3 aromatic rings. The minimum atomic E-state index is -1.45. The molecule has 3 aromatic carbocycles. The van der Waals surface area contributed by atoms with Gasteiger partial charge in [0, 0.05) is 12.7 Å². The van der Waals surface area contributed by atoms with Gasteiger partial charge in [-0.3, -0.25) is 4.79 Å². The van der Waals surface area contributed by atoms with Gasteiger partial charge in [0.2, 0.25) is 0 Å². The molecular weight excluding hydrogens is 478 g/mol. The van der Waals surface area contributed by atoms with Crippen LogP contribution in [0.1, 0.15) is 31.1 Å². The Morgan fingerprint density at radius 1 is 0.811 bits per heavy atom. The van der Waals surface area contributed by atoms with Gasteiger partial charge in [-0.25, -0.2) is 9.59 Å². The maximum atomic E-state index is 12.9. The third kappa shape index (κ3) is 6.39. The van der Waals surface area contributed by atoms with E-state index in [1.54, 1.807) is 91.0 Å². The van der Waals surface area contributed by atoms with Crippen molar-refractivity contribution in [2.75, 3.05) is 13.7 Å². The van der Waals surface area contributed by atoms with Crippen LogP contribution in [0.15, 0.2) is 91.0 Å². The van der Waals surface area contributed by atoms with E-state index in [2.05, 4.69) is 5.32 Å². The molecule has 0 radical (unpaired) electrons. The number of benzene rings is 3. The number of rotatable bonds is 8. The predicted molar refractivity (Wildman–Crippen MR) is 132 cm³/mol. The van der Waals surface area contributed by atoms with Crippen LogP contribution in [-0.4, -0.2) is 67.3 Å². The van der Waals surface area contributed by atoms with Crippen molar-refractivity contribution in [3.05, 3.63) is 108 Å². The van der Waals surface area contributed by atoms with Crippen LogP contribution in [0.3, 0.4) is 0 Å². The second-order valence-corrected chi connectivity index (χ2v) is 8.33. The molecule has 4 rings (SSSR count). The Hall–Kier alpha value is -4.05. The van der Waals surface area contributed by atoms with Crippen LogP contribution in [0.2, 0.25) is 0 Å². The van der Waals surface area contributed by atoms with Gasteiger partial charge in [-0.05, 0) is 36.4 Å². The number of aliphatic hydroxyl groups excluding tert-OH is 1. The number of amides is 1. The smallest absolute Gasteiger partial charge is 0.338 e. The van der Waals surface area contributed by atoms with Crippen molar-refractivity contribution in [1.82, 2.24) is 5.32 Å². The number of hydrogen-bond donors (Lipinski definition) is 2. The third-order valence-electron chi connectivity index (χ3n) is 5.88. The van der Waals surface area contributed by atoms with E-state index < -0.39 is 48.5 Å². The fraction of sp³-hybridized carbons (Fsp3) is 0.250. The largest absolute Gasteiger partial charge is 0.459 e. The van der Waals surface area contributed by atoms with Crippen molar-refractivity contribution in [3.63, 3.8) is 0 Å². The first-order valence-electron chi connectivity index (χ1n) is 11.7. The summed E-state index contributed by atoms with van der Waals surface area (Å²) < 4.78 is 22.3. The highest BCUT2D eigenvalue weighted by atomic mass is 16.7. The van der Waals surface area contributed by atoms with E-state index in [1.807, 2.05) is 0 Å². The Balaban J connectivity index is 1.55. The molecule has 9 heteroatoms.